The summed E-state index contributed by atoms with van der Waals surface area (Å²) in [4.78, 5) is 23.1. The minimum absolute atomic E-state index is 0.00235. The molecule has 1 amide bonds. The molecule has 2 rings (SSSR count). The van der Waals surface area contributed by atoms with Gasteiger partial charge in [0.2, 0.25) is 5.91 Å². The fourth-order valence-electron chi connectivity index (χ4n) is 2.01. The van der Waals surface area contributed by atoms with Gasteiger partial charge in [0.15, 0.2) is 0 Å². The van der Waals surface area contributed by atoms with Crippen molar-refractivity contribution in [3.05, 3.63) is 27.3 Å². The van der Waals surface area contributed by atoms with E-state index >= 15 is 0 Å². The number of phenols is 1. The molecular weight excluding hydrogens is 295 g/mol. The van der Waals surface area contributed by atoms with E-state index in [2.05, 4.69) is 0 Å². The molecule has 19 heavy (non-hydrogen) atoms. The van der Waals surface area contributed by atoms with Gasteiger partial charge in [-0.15, -0.1) is 11.6 Å². The van der Waals surface area contributed by atoms with Gasteiger partial charge in [-0.3, -0.25) is 14.9 Å². The van der Waals surface area contributed by atoms with Crippen LogP contribution in [-0.2, 0) is 4.79 Å². The Morgan fingerprint density at radius 3 is 2.74 bits per heavy atom. The van der Waals surface area contributed by atoms with Gasteiger partial charge >= 0.3 is 0 Å². The highest BCUT2D eigenvalue weighted by Crippen LogP contribution is 2.39. The van der Waals surface area contributed by atoms with Gasteiger partial charge in [0.25, 0.3) is 5.69 Å². The molecule has 0 aliphatic carbocycles. The van der Waals surface area contributed by atoms with Gasteiger partial charge < -0.3 is 10.0 Å². The Labute approximate surface area is 118 Å². The van der Waals surface area contributed by atoms with Crippen LogP contribution >= 0.6 is 23.2 Å². The second-order valence-corrected chi connectivity index (χ2v) is 4.99. The van der Waals surface area contributed by atoms with Crippen LogP contribution in [0.25, 0.3) is 0 Å². The van der Waals surface area contributed by atoms with Gasteiger partial charge in [-0.2, -0.15) is 0 Å². The fourth-order valence-corrected chi connectivity index (χ4v) is 2.45. The average molecular weight is 305 g/mol. The van der Waals surface area contributed by atoms with E-state index < -0.39 is 10.6 Å². The lowest BCUT2D eigenvalue weighted by Gasteiger charge is -2.18. The van der Waals surface area contributed by atoms with Crippen LogP contribution in [0.5, 0.6) is 5.75 Å². The number of anilines is 1. The van der Waals surface area contributed by atoms with Gasteiger partial charge in [0.1, 0.15) is 10.8 Å². The number of rotatable bonds is 3. The fraction of sp³-hybridized carbons (Fsp3) is 0.364. The Morgan fingerprint density at radius 1 is 1.53 bits per heavy atom. The van der Waals surface area contributed by atoms with Crippen LogP contribution in [0, 0.1) is 16.0 Å². The molecule has 1 aromatic carbocycles. The highest BCUT2D eigenvalue weighted by atomic mass is 35.5. The molecule has 8 heteroatoms. The molecule has 1 unspecified atom stereocenters. The largest absolute Gasteiger partial charge is 0.505 e. The molecule has 1 atom stereocenters. The maximum absolute atomic E-state index is 11.8. The van der Waals surface area contributed by atoms with Crippen molar-refractivity contribution in [1.82, 2.24) is 0 Å². The molecule has 1 aliphatic heterocycles. The van der Waals surface area contributed by atoms with Crippen molar-refractivity contribution >= 4 is 40.5 Å². The molecule has 0 bridgehead atoms. The van der Waals surface area contributed by atoms with Crippen molar-refractivity contribution in [3.8, 4) is 5.75 Å². The summed E-state index contributed by atoms with van der Waals surface area (Å²) in [6.45, 7) is 0.365. The quantitative estimate of drug-likeness (QED) is 0.528. The number of aromatic hydroxyl groups is 1. The zero-order valence-corrected chi connectivity index (χ0v) is 11.2. The van der Waals surface area contributed by atoms with E-state index in [-0.39, 0.29) is 34.7 Å². The Morgan fingerprint density at radius 2 is 2.21 bits per heavy atom. The van der Waals surface area contributed by atoms with Crippen LogP contribution in [0.4, 0.5) is 11.4 Å². The lowest BCUT2D eigenvalue weighted by Crippen LogP contribution is -2.24. The maximum atomic E-state index is 11.8. The summed E-state index contributed by atoms with van der Waals surface area (Å²) in [7, 11) is 0. The second-order valence-electron chi connectivity index (χ2n) is 4.28. The number of alkyl halides is 1. The third kappa shape index (κ3) is 2.59. The highest BCUT2D eigenvalue weighted by molar-refractivity contribution is 6.33. The smallest absolute Gasteiger partial charge is 0.291 e. The summed E-state index contributed by atoms with van der Waals surface area (Å²) < 4.78 is 0. The zero-order valence-electron chi connectivity index (χ0n) is 9.68. The molecule has 1 fully saturated rings. The van der Waals surface area contributed by atoms with Crippen molar-refractivity contribution in [1.29, 1.82) is 0 Å². The molecule has 1 N–H and O–H groups in total. The van der Waals surface area contributed by atoms with Gasteiger partial charge in [-0.1, -0.05) is 11.6 Å². The first-order valence-corrected chi connectivity index (χ1v) is 6.38. The molecule has 1 heterocycles. The van der Waals surface area contributed by atoms with Crippen LogP contribution in [0.2, 0.25) is 5.02 Å². The molecule has 0 aromatic heterocycles. The van der Waals surface area contributed by atoms with Crippen molar-refractivity contribution in [2.24, 2.45) is 5.92 Å². The Bertz CT molecular complexity index is 550. The summed E-state index contributed by atoms with van der Waals surface area (Å²) in [6, 6.07) is 2.17. The normalized spacial score (nSPS) is 18.9. The molecule has 102 valence electrons. The van der Waals surface area contributed by atoms with Crippen LogP contribution in [-0.4, -0.2) is 28.4 Å². The number of carbonyl (C=O) groups excluding carboxylic acids is 1. The van der Waals surface area contributed by atoms with E-state index in [0.717, 1.165) is 6.07 Å². The molecule has 0 saturated carbocycles. The van der Waals surface area contributed by atoms with E-state index in [4.69, 9.17) is 23.2 Å². The topological polar surface area (TPSA) is 83.7 Å². The summed E-state index contributed by atoms with van der Waals surface area (Å²) >= 11 is 11.5. The molecular formula is C11H10Cl2N2O4. The Balaban J connectivity index is 2.39. The SMILES string of the molecule is O=C1CC(CCl)CN1c1cc(Cl)c([N+](=O)[O-])cc1O. The number of halogens is 2. The Hall–Kier alpha value is -1.53. The van der Waals surface area contributed by atoms with E-state index in [1.165, 1.54) is 11.0 Å². The lowest BCUT2D eigenvalue weighted by molar-refractivity contribution is -0.384. The van der Waals surface area contributed by atoms with Crippen LogP contribution in [0.15, 0.2) is 12.1 Å². The van der Waals surface area contributed by atoms with E-state index in [1.54, 1.807) is 0 Å². The predicted molar refractivity (Wildman–Crippen MR) is 71.0 cm³/mol. The van der Waals surface area contributed by atoms with Crippen LogP contribution < -0.4 is 4.90 Å². The Kier molecular flexibility index (Phi) is 3.82. The number of carbonyl (C=O) groups is 1. The molecule has 6 nitrogen and oxygen atoms in total. The average Bonchev–Trinajstić information content (AvgIpc) is 2.72. The molecule has 0 spiro atoms. The predicted octanol–water partition coefficient (Wildman–Crippen LogP) is 2.55. The third-order valence-electron chi connectivity index (χ3n) is 2.95. The monoisotopic (exact) mass is 304 g/mol. The van der Waals surface area contributed by atoms with Crippen LogP contribution in [0.3, 0.4) is 0 Å². The minimum Gasteiger partial charge on any atom is -0.505 e. The van der Waals surface area contributed by atoms with E-state index in [0.29, 0.717) is 12.4 Å². The van der Waals surface area contributed by atoms with Gasteiger partial charge in [-0.25, -0.2) is 0 Å². The first-order valence-electron chi connectivity index (χ1n) is 5.47. The van der Waals surface area contributed by atoms with Crippen molar-refractivity contribution in [2.45, 2.75) is 6.42 Å². The summed E-state index contributed by atoms with van der Waals surface area (Å²) in [5.74, 6) is -0.197. The minimum atomic E-state index is -0.695. The second kappa shape index (κ2) is 5.22. The first kappa shape index (κ1) is 13.9. The van der Waals surface area contributed by atoms with Crippen LogP contribution in [0.1, 0.15) is 6.42 Å². The number of nitro benzene ring substituents is 1. The van der Waals surface area contributed by atoms with E-state index in [1.807, 2.05) is 0 Å². The van der Waals surface area contributed by atoms with Gasteiger partial charge in [0, 0.05) is 18.8 Å². The summed E-state index contributed by atoms with van der Waals surface area (Å²) in [5.41, 5.74) is -0.225. The number of hydrogen-bond donors (Lipinski definition) is 1. The molecule has 1 saturated heterocycles. The van der Waals surface area contributed by atoms with Crippen molar-refractivity contribution < 1.29 is 14.8 Å². The molecule has 0 radical (unpaired) electrons. The zero-order chi connectivity index (χ0) is 14.2. The number of amides is 1. The van der Waals surface area contributed by atoms with Gasteiger partial charge in [-0.05, 0) is 12.0 Å². The van der Waals surface area contributed by atoms with E-state index in [9.17, 15) is 20.0 Å². The maximum Gasteiger partial charge on any atom is 0.291 e. The number of phenolic OH excluding ortho intramolecular Hbond substituents is 1. The number of nitrogens with zero attached hydrogens (tertiary/aromatic N) is 2. The van der Waals surface area contributed by atoms with Gasteiger partial charge in [0.05, 0.1) is 16.7 Å². The number of nitro groups is 1. The first-order chi connectivity index (χ1) is 8.93. The van der Waals surface area contributed by atoms with Crippen molar-refractivity contribution in [3.63, 3.8) is 0 Å². The molecule has 1 aliphatic rings. The van der Waals surface area contributed by atoms with Crippen molar-refractivity contribution in [2.75, 3.05) is 17.3 Å². The molecule has 1 aromatic rings. The third-order valence-corrected chi connectivity index (χ3v) is 3.69. The standard InChI is InChI=1S/C11H10Cl2N2O4/c12-4-6-1-11(17)14(5-6)9-2-7(13)8(15(18)19)3-10(9)16/h2-3,6,16H,1,4-5H2. The summed E-state index contributed by atoms with van der Waals surface area (Å²) in [6.07, 6.45) is 0.289. The number of benzene rings is 1. The lowest BCUT2D eigenvalue weighted by atomic mass is 10.1. The highest BCUT2D eigenvalue weighted by Gasteiger charge is 2.32. The number of hydrogen-bond acceptors (Lipinski definition) is 4. The summed E-state index contributed by atoms with van der Waals surface area (Å²) in [5, 5.41) is 20.4.